The van der Waals surface area contributed by atoms with Crippen LogP contribution < -0.4 is 9.62 Å². The Morgan fingerprint density at radius 1 is 1.19 bits per heavy atom. The zero-order valence-electron chi connectivity index (χ0n) is 18.6. The predicted molar refractivity (Wildman–Crippen MR) is 124 cm³/mol. The van der Waals surface area contributed by atoms with Crippen LogP contribution in [0, 0.1) is 17.0 Å². The fourth-order valence-corrected chi connectivity index (χ4v) is 5.13. The number of carbonyl (C=O) groups excluding carboxylic acids is 1. The van der Waals surface area contributed by atoms with Crippen LogP contribution in [-0.4, -0.2) is 32.0 Å². The molecule has 32 heavy (non-hydrogen) atoms. The molecule has 172 valence electrons. The Morgan fingerprint density at radius 3 is 2.50 bits per heavy atom. The molecule has 2 aromatic rings. The van der Waals surface area contributed by atoms with Crippen LogP contribution in [-0.2, 0) is 27.7 Å². The second-order valence-electron chi connectivity index (χ2n) is 8.21. The normalized spacial score (nSPS) is 14.3. The molecule has 0 aromatic heterocycles. The molecule has 1 aliphatic rings. The number of nitro groups is 1. The van der Waals surface area contributed by atoms with E-state index in [1.54, 1.807) is 0 Å². The second kappa shape index (κ2) is 9.68. The van der Waals surface area contributed by atoms with E-state index in [9.17, 15) is 23.3 Å². The van der Waals surface area contributed by atoms with Gasteiger partial charge in [0.25, 0.3) is 5.69 Å². The lowest BCUT2D eigenvalue weighted by atomic mass is 9.89. The molecule has 1 aliphatic carbocycles. The maximum absolute atomic E-state index is 12.9. The lowest BCUT2D eigenvalue weighted by Crippen LogP contribution is -2.41. The Balaban J connectivity index is 1.83. The van der Waals surface area contributed by atoms with Gasteiger partial charge in [0.15, 0.2) is 0 Å². The fourth-order valence-electron chi connectivity index (χ4n) is 4.22. The topological polar surface area (TPSA) is 110 Å². The van der Waals surface area contributed by atoms with Crippen molar-refractivity contribution in [1.29, 1.82) is 0 Å². The maximum atomic E-state index is 12.9. The van der Waals surface area contributed by atoms with Crippen LogP contribution in [0.5, 0.6) is 0 Å². The predicted octanol–water partition coefficient (Wildman–Crippen LogP) is 3.82. The minimum absolute atomic E-state index is 0.124. The summed E-state index contributed by atoms with van der Waals surface area (Å²) in [7, 11) is -3.85. The van der Waals surface area contributed by atoms with Gasteiger partial charge in [-0.1, -0.05) is 31.2 Å². The zero-order chi connectivity index (χ0) is 23.5. The molecule has 0 heterocycles. The molecule has 1 N–H and O–H groups in total. The van der Waals surface area contributed by atoms with Crippen molar-refractivity contribution < 1.29 is 18.1 Å². The van der Waals surface area contributed by atoms with Gasteiger partial charge in [0, 0.05) is 6.07 Å². The summed E-state index contributed by atoms with van der Waals surface area (Å²) >= 11 is 0. The molecule has 0 radical (unpaired) electrons. The summed E-state index contributed by atoms with van der Waals surface area (Å²) in [5.74, 6) is -0.467. The first kappa shape index (κ1) is 23.7. The SMILES string of the molecule is CC[C@H](NC(=O)CN(c1cccc([N+](=O)[O-])c1C)S(C)(=O)=O)c1ccc2c(c1)CCCC2. The third kappa shape index (κ3) is 5.27. The van der Waals surface area contributed by atoms with Gasteiger partial charge in [-0.05, 0) is 61.8 Å². The Kier molecular flexibility index (Phi) is 7.18. The van der Waals surface area contributed by atoms with E-state index in [-0.39, 0.29) is 23.0 Å². The molecule has 1 amide bonds. The highest BCUT2D eigenvalue weighted by Crippen LogP contribution is 2.30. The number of amides is 1. The molecule has 0 unspecified atom stereocenters. The van der Waals surface area contributed by atoms with Gasteiger partial charge < -0.3 is 5.32 Å². The second-order valence-corrected chi connectivity index (χ2v) is 10.1. The zero-order valence-corrected chi connectivity index (χ0v) is 19.4. The minimum Gasteiger partial charge on any atom is -0.348 e. The molecule has 0 spiro atoms. The fraction of sp³-hybridized carbons (Fsp3) is 0.435. The number of rotatable bonds is 8. The van der Waals surface area contributed by atoms with Crippen molar-refractivity contribution in [3.63, 3.8) is 0 Å². The maximum Gasteiger partial charge on any atom is 0.274 e. The highest BCUT2D eigenvalue weighted by molar-refractivity contribution is 7.92. The molecule has 0 aliphatic heterocycles. The van der Waals surface area contributed by atoms with Crippen molar-refractivity contribution in [3.8, 4) is 0 Å². The van der Waals surface area contributed by atoms with Crippen LogP contribution in [0.15, 0.2) is 36.4 Å². The Hall–Kier alpha value is -2.94. The first-order chi connectivity index (χ1) is 15.1. The number of carbonyl (C=O) groups is 1. The van der Waals surface area contributed by atoms with Crippen LogP contribution in [0.25, 0.3) is 0 Å². The van der Waals surface area contributed by atoms with Gasteiger partial charge in [-0.2, -0.15) is 0 Å². The number of anilines is 1. The Bertz CT molecular complexity index is 1130. The van der Waals surface area contributed by atoms with Crippen molar-refractivity contribution in [2.45, 2.75) is 52.0 Å². The van der Waals surface area contributed by atoms with E-state index >= 15 is 0 Å². The molecular weight excluding hydrogens is 430 g/mol. The molecule has 3 rings (SSSR count). The van der Waals surface area contributed by atoms with Gasteiger partial charge in [-0.25, -0.2) is 8.42 Å². The number of benzene rings is 2. The number of hydrogen-bond donors (Lipinski definition) is 1. The van der Waals surface area contributed by atoms with E-state index in [1.165, 1.54) is 42.7 Å². The van der Waals surface area contributed by atoms with Crippen molar-refractivity contribution >= 4 is 27.3 Å². The molecule has 0 saturated heterocycles. The van der Waals surface area contributed by atoms with Crippen molar-refractivity contribution in [2.24, 2.45) is 0 Å². The summed E-state index contributed by atoms with van der Waals surface area (Å²) in [5.41, 5.74) is 3.78. The van der Waals surface area contributed by atoms with Crippen molar-refractivity contribution in [1.82, 2.24) is 5.32 Å². The first-order valence-corrected chi connectivity index (χ1v) is 12.6. The van der Waals surface area contributed by atoms with Crippen molar-refractivity contribution in [2.75, 3.05) is 17.1 Å². The molecular formula is C23H29N3O5S. The van der Waals surface area contributed by atoms with E-state index in [0.29, 0.717) is 6.42 Å². The minimum atomic E-state index is -3.85. The number of nitro benzene ring substituents is 1. The van der Waals surface area contributed by atoms with Crippen LogP contribution >= 0.6 is 0 Å². The third-order valence-electron chi connectivity index (χ3n) is 5.95. The van der Waals surface area contributed by atoms with Gasteiger partial charge in [-0.15, -0.1) is 0 Å². The Labute approximate surface area is 188 Å². The molecule has 1 atom stereocenters. The lowest BCUT2D eigenvalue weighted by Gasteiger charge is -2.26. The number of nitrogens with one attached hydrogen (secondary N) is 1. The van der Waals surface area contributed by atoms with E-state index < -0.39 is 27.4 Å². The van der Waals surface area contributed by atoms with Crippen LogP contribution in [0.1, 0.15) is 54.5 Å². The molecule has 2 aromatic carbocycles. The van der Waals surface area contributed by atoms with Crippen molar-refractivity contribution in [3.05, 3.63) is 68.8 Å². The van der Waals surface area contributed by atoms with E-state index in [1.807, 2.05) is 13.0 Å². The van der Waals surface area contributed by atoms with Gasteiger partial charge in [0.2, 0.25) is 15.9 Å². The standard InChI is InChI=1S/C23H29N3O5S/c1-4-20(19-13-12-17-8-5-6-9-18(17)14-19)24-23(27)15-25(32(3,30)31)21-10-7-11-22(16(21)2)26(28)29/h7,10-14,20H,4-6,8-9,15H2,1-3H3,(H,24,27)/t20-/m0/s1. The average molecular weight is 460 g/mol. The number of hydrogen-bond acceptors (Lipinski definition) is 5. The largest absolute Gasteiger partial charge is 0.348 e. The van der Waals surface area contributed by atoms with Crippen LogP contribution in [0.3, 0.4) is 0 Å². The summed E-state index contributed by atoms with van der Waals surface area (Å²) < 4.78 is 25.8. The van der Waals surface area contributed by atoms with Crippen LogP contribution in [0.2, 0.25) is 0 Å². The molecule has 9 heteroatoms. The molecule has 0 fully saturated rings. The molecule has 8 nitrogen and oxygen atoms in total. The first-order valence-electron chi connectivity index (χ1n) is 10.7. The summed E-state index contributed by atoms with van der Waals surface area (Å²) in [5, 5.41) is 14.2. The number of nitrogens with zero attached hydrogens (tertiary/aromatic N) is 2. The quantitative estimate of drug-likeness (QED) is 0.477. The highest BCUT2D eigenvalue weighted by Gasteiger charge is 2.27. The smallest absolute Gasteiger partial charge is 0.274 e. The van der Waals surface area contributed by atoms with Gasteiger partial charge in [0.1, 0.15) is 6.54 Å². The summed E-state index contributed by atoms with van der Waals surface area (Å²) in [6.07, 6.45) is 6.09. The number of fused-ring (bicyclic) bond motifs is 1. The monoisotopic (exact) mass is 459 g/mol. The summed E-state index contributed by atoms with van der Waals surface area (Å²) in [6, 6.07) is 10.2. The van der Waals surface area contributed by atoms with E-state index in [2.05, 4.69) is 17.4 Å². The Morgan fingerprint density at radius 2 is 1.88 bits per heavy atom. The molecule has 0 saturated carbocycles. The average Bonchev–Trinajstić information content (AvgIpc) is 2.75. The van der Waals surface area contributed by atoms with E-state index in [0.717, 1.165) is 35.4 Å². The third-order valence-corrected chi connectivity index (χ3v) is 7.07. The summed E-state index contributed by atoms with van der Waals surface area (Å²) in [4.78, 5) is 23.6. The number of sulfonamides is 1. The van der Waals surface area contributed by atoms with E-state index in [4.69, 9.17) is 0 Å². The van der Waals surface area contributed by atoms with Crippen LogP contribution in [0.4, 0.5) is 11.4 Å². The van der Waals surface area contributed by atoms with Gasteiger partial charge >= 0.3 is 0 Å². The van der Waals surface area contributed by atoms with Gasteiger partial charge in [0.05, 0.1) is 28.5 Å². The summed E-state index contributed by atoms with van der Waals surface area (Å²) in [6.45, 7) is 2.98. The van der Waals surface area contributed by atoms with Gasteiger partial charge in [-0.3, -0.25) is 19.2 Å². The lowest BCUT2D eigenvalue weighted by molar-refractivity contribution is -0.385. The molecule has 0 bridgehead atoms. The number of aryl methyl sites for hydroxylation is 2. The highest BCUT2D eigenvalue weighted by atomic mass is 32.2.